The van der Waals surface area contributed by atoms with Gasteiger partial charge in [-0.15, -0.1) is 0 Å². The Balaban J connectivity index is 1.93. The van der Waals surface area contributed by atoms with E-state index in [-0.39, 0.29) is 5.56 Å². The van der Waals surface area contributed by atoms with E-state index in [4.69, 9.17) is 5.73 Å². The first kappa shape index (κ1) is 12.4. The van der Waals surface area contributed by atoms with Crippen molar-refractivity contribution < 1.29 is 0 Å². The van der Waals surface area contributed by atoms with Crippen molar-refractivity contribution in [3.05, 3.63) is 64.3 Å². The summed E-state index contributed by atoms with van der Waals surface area (Å²) in [6, 6.07) is 9.59. The number of aromatic nitrogens is 3. The molecule has 0 aliphatic rings. The number of nitrogens with zero attached hydrogens (tertiary/aromatic N) is 2. The van der Waals surface area contributed by atoms with Crippen molar-refractivity contribution in [2.75, 3.05) is 0 Å². The smallest absolute Gasteiger partial charge is 0.266 e. The van der Waals surface area contributed by atoms with Gasteiger partial charge in [0.15, 0.2) is 0 Å². The second-order valence-electron chi connectivity index (χ2n) is 4.46. The summed E-state index contributed by atoms with van der Waals surface area (Å²) in [5.74, 6) is 0. The molecule has 20 heavy (non-hydrogen) atoms. The number of H-pyrrole nitrogens is 1. The van der Waals surface area contributed by atoms with Gasteiger partial charge < -0.3 is 10.7 Å². The molecule has 0 spiro atoms. The van der Waals surface area contributed by atoms with Crippen LogP contribution in [0.1, 0.15) is 11.1 Å². The van der Waals surface area contributed by atoms with Crippen molar-refractivity contribution in [1.82, 2.24) is 14.5 Å². The second-order valence-corrected chi connectivity index (χ2v) is 4.46. The highest BCUT2D eigenvalue weighted by Gasteiger charge is 2.02. The van der Waals surface area contributed by atoms with Gasteiger partial charge in [0.25, 0.3) is 5.56 Å². The van der Waals surface area contributed by atoms with E-state index < -0.39 is 0 Å². The van der Waals surface area contributed by atoms with Gasteiger partial charge in [0.1, 0.15) is 12.0 Å². The Morgan fingerprint density at radius 1 is 1.25 bits per heavy atom. The Hall–Kier alpha value is -2.66. The van der Waals surface area contributed by atoms with Crippen LogP contribution in [0, 0.1) is 0 Å². The second kappa shape index (κ2) is 5.14. The number of aromatic amines is 1. The van der Waals surface area contributed by atoms with Crippen molar-refractivity contribution in [2.45, 2.75) is 6.54 Å². The number of nitrogens with one attached hydrogen (secondary N) is 1. The number of benzene rings is 1. The fourth-order valence-electron chi connectivity index (χ4n) is 1.99. The fraction of sp³-hybridized carbons (Fsp3) is 0.0667. The van der Waals surface area contributed by atoms with Crippen LogP contribution in [0.5, 0.6) is 0 Å². The van der Waals surface area contributed by atoms with Crippen LogP contribution in [0.25, 0.3) is 23.3 Å². The third kappa shape index (κ3) is 2.26. The molecule has 3 rings (SSSR count). The quantitative estimate of drug-likeness (QED) is 0.759. The summed E-state index contributed by atoms with van der Waals surface area (Å²) < 4.78 is 1.47. The van der Waals surface area contributed by atoms with Gasteiger partial charge in [-0.3, -0.25) is 9.36 Å². The van der Waals surface area contributed by atoms with Gasteiger partial charge >= 0.3 is 0 Å². The fourth-order valence-corrected chi connectivity index (χ4v) is 1.99. The van der Waals surface area contributed by atoms with Crippen LogP contribution in [0.15, 0.2) is 47.7 Å². The zero-order valence-corrected chi connectivity index (χ0v) is 10.8. The molecule has 5 nitrogen and oxygen atoms in total. The lowest BCUT2D eigenvalue weighted by molar-refractivity contribution is 1.02. The van der Waals surface area contributed by atoms with Gasteiger partial charge in [0.05, 0.1) is 5.39 Å². The van der Waals surface area contributed by atoms with E-state index in [0.717, 1.165) is 11.1 Å². The Morgan fingerprint density at radius 3 is 2.80 bits per heavy atom. The molecule has 0 fully saturated rings. The molecule has 0 saturated carbocycles. The van der Waals surface area contributed by atoms with E-state index in [2.05, 4.69) is 9.97 Å². The first-order valence-corrected chi connectivity index (χ1v) is 6.29. The summed E-state index contributed by atoms with van der Waals surface area (Å²) in [5.41, 5.74) is 8.15. The van der Waals surface area contributed by atoms with Crippen molar-refractivity contribution in [2.24, 2.45) is 5.73 Å². The molecule has 5 heteroatoms. The molecule has 0 saturated heterocycles. The van der Waals surface area contributed by atoms with E-state index in [1.54, 1.807) is 18.5 Å². The highest BCUT2D eigenvalue weighted by Crippen LogP contribution is 2.07. The van der Waals surface area contributed by atoms with E-state index in [1.165, 1.54) is 10.9 Å². The zero-order valence-electron chi connectivity index (χ0n) is 10.8. The minimum Gasteiger partial charge on any atom is -0.346 e. The van der Waals surface area contributed by atoms with Crippen LogP contribution in [-0.2, 0) is 6.54 Å². The predicted octanol–water partition coefficient (Wildman–Crippen LogP) is 1.81. The van der Waals surface area contributed by atoms with Crippen LogP contribution in [-0.4, -0.2) is 14.5 Å². The number of hydrogen-bond acceptors (Lipinski definition) is 3. The lowest BCUT2D eigenvalue weighted by Gasteiger charge is -1.99. The van der Waals surface area contributed by atoms with Crippen LogP contribution < -0.4 is 11.3 Å². The largest absolute Gasteiger partial charge is 0.346 e. The van der Waals surface area contributed by atoms with Crippen LogP contribution in [0.2, 0.25) is 0 Å². The maximum Gasteiger partial charge on any atom is 0.266 e. The van der Waals surface area contributed by atoms with Gasteiger partial charge in [0.2, 0.25) is 0 Å². The third-order valence-corrected chi connectivity index (χ3v) is 3.14. The highest BCUT2D eigenvalue weighted by molar-refractivity contribution is 5.74. The number of rotatable bonds is 3. The predicted molar refractivity (Wildman–Crippen MR) is 79.9 cm³/mol. The zero-order chi connectivity index (χ0) is 13.9. The molecule has 0 radical (unpaired) electrons. The number of fused-ring (bicyclic) bond motifs is 1. The van der Waals surface area contributed by atoms with Gasteiger partial charge in [-0.05, 0) is 23.3 Å². The van der Waals surface area contributed by atoms with E-state index in [0.29, 0.717) is 17.6 Å². The van der Waals surface area contributed by atoms with Crippen molar-refractivity contribution >= 4 is 23.3 Å². The molecule has 0 bridgehead atoms. The number of nitrogens with two attached hydrogens (primary N) is 1. The summed E-state index contributed by atoms with van der Waals surface area (Å²) >= 11 is 0. The molecule has 3 aromatic rings. The van der Waals surface area contributed by atoms with Gasteiger partial charge in [0, 0.05) is 18.9 Å². The molecule has 0 aliphatic carbocycles. The minimum absolute atomic E-state index is 0.0916. The van der Waals surface area contributed by atoms with E-state index in [1.807, 2.05) is 30.3 Å². The lowest BCUT2D eigenvalue weighted by atomic mass is 10.1. The molecule has 3 N–H and O–H groups in total. The Labute approximate surface area is 115 Å². The molecule has 0 amide bonds. The first-order chi connectivity index (χ1) is 9.78. The molecule has 0 atom stereocenters. The third-order valence-electron chi connectivity index (χ3n) is 3.14. The molecule has 0 aliphatic heterocycles. The van der Waals surface area contributed by atoms with Crippen molar-refractivity contribution in [3.63, 3.8) is 0 Å². The van der Waals surface area contributed by atoms with E-state index >= 15 is 0 Å². The van der Waals surface area contributed by atoms with Gasteiger partial charge in [-0.25, -0.2) is 4.98 Å². The summed E-state index contributed by atoms with van der Waals surface area (Å²) in [6.45, 7) is 0.525. The average molecular weight is 266 g/mol. The summed E-state index contributed by atoms with van der Waals surface area (Å²) in [7, 11) is 0. The summed E-state index contributed by atoms with van der Waals surface area (Å²) in [5, 5.41) is 0.579. The SMILES string of the molecule is NCc1ccc(C=Cn2cnc3[nH]ccc3c2=O)cc1. The molecule has 2 heterocycles. The number of hydrogen-bond donors (Lipinski definition) is 2. The molecule has 1 aromatic carbocycles. The van der Waals surface area contributed by atoms with Crippen LogP contribution >= 0.6 is 0 Å². The normalized spacial score (nSPS) is 11.4. The Kier molecular flexibility index (Phi) is 3.18. The maximum atomic E-state index is 12.1. The Bertz CT molecular complexity index is 812. The monoisotopic (exact) mass is 266 g/mol. The standard InChI is InChI=1S/C15H14N4O/c16-9-12-3-1-11(2-4-12)6-8-19-10-18-14-13(15(19)20)5-7-17-14/h1-8,10,17H,9,16H2. The summed E-state index contributed by atoms with van der Waals surface area (Å²) in [4.78, 5) is 19.2. The minimum atomic E-state index is -0.0916. The average Bonchev–Trinajstić information content (AvgIpc) is 2.96. The van der Waals surface area contributed by atoms with E-state index in [9.17, 15) is 4.79 Å². The highest BCUT2D eigenvalue weighted by atomic mass is 16.1. The van der Waals surface area contributed by atoms with Crippen molar-refractivity contribution in [3.8, 4) is 0 Å². The topological polar surface area (TPSA) is 76.7 Å². The first-order valence-electron chi connectivity index (χ1n) is 6.29. The Morgan fingerprint density at radius 2 is 2.05 bits per heavy atom. The summed E-state index contributed by atoms with van der Waals surface area (Å²) in [6.07, 6.45) is 6.78. The van der Waals surface area contributed by atoms with Crippen LogP contribution in [0.4, 0.5) is 0 Å². The van der Waals surface area contributed by atoms with Crippen LogP contribution in [0.3, 0.4) is 0 Å². The maximum absolute atomic E-state index is 12.1. The van der Waals surface area contributed by atoms with Gasteiger partial charge in [-0.2, -0.15) is 0 Å². The molecule has 2 aromatic heterocycles. The van der Waals surface area contributed by atoms with Gasteiger partial charge in [-0.1, -0.05) is 24.3 Å². The lowest BCUT2D eigenvalue weighted by Crippen LogP contribution is -2.15. The van der Waals surface area contributed by atoms with Crippen molar-refractivity contribution in [1.29, 1.82) is 0 Å². The molecule has 100 valence electrons. The molecular weight excluding hydrogens is 252 g/mol. The molecular formula is C15H14N4O. The molecule has 0 unspecified atom stereocenters.